The van der Waals surface area contributed by atoms with E-state index >= 15 is 0 Å². The molecule has 2 fully saturated rings. The molecule has 7 heteroatoms. The van der Waals surface area contributed by atoms with Crippen molar-refractivity contribution in [2.45, 2.75) is 37.9 Å². The Morgan fingerprint density at radius 3 is 2.65 bits per heavy atom. The third-order valence-electron chi connectivity index (χ3n) is 5.27. The molecule has 0 aliphatic carbocycles. The molecule has 1 aromatic rings. The molecule has 2 aliphatic rings. The maximum atomic E-state index is 13.1. The van der Waals surface area contributed by atoms with Crippen molar-refractivity contribution in [3.05, 3.63) is 30.3 Å². The van der Waals surface area contributed by atoms with Crippen molar-refractivity contribution in [3.63, 3.8) is 0 Å². The molecular weight excluding hydrogens is 352 g/mol. The van der Waals surface area contributed by atoms with Crippen molar-refractivity contribution in [2.24, 2.45) is 4.36 Å². The van der Waals surface area contributed by atoms with Crippen LogP contribution in [0, 0.1) is 0 Å². The van der Waals surface area contributed by atoms with E-state index in [1.54, 1.807) is 7.11 Å². The van der Waals surface area contributed by atoms with E-state index in [9.17, 15) is 9.00 Å². The van der Waals surface area contributed by atoms with E-state index < -0.39 is 21.4 Å². The summed E-state index contributed by atoms with van der Waals surface area (Å²) in [5.74, 6) is 1.04. The lowest BCUT2D eigenvalue weighted by atomic mass is 9.94. The first kappa shape index (κ1) is 19.3. The molecule has 0 radical (unpaired) electrons. The van der Waals surface area contributed by atoms with Crippen molar-refractivity contribution in [3.8, 4) is 0 Å². The number of carbonyl (C=O) groups excluding carboxylic acids is 1. The van der Waals surface area contributed by atoms with Gasteiger partial charge in [-0.15, -0.1) is 0 Å². The normalized spacial score (nSPS) is 30.2. The molecule has 1 aromatic carbocycles. The molecule has 0 aromatic heterocycles. The van der Waals surface area contributed by atoms with Crippen LogP contribution in [-0.2, 0) is 24.0 Å². The molecule has 2 saturated heterocycles. The van der Waals surface area contributed by atoms with Gasteiger partial charge in [-0.25, -0.2) is 4.21 Å². The van der Waals surface area contributed by atoms with Crippen LogP contribution in [0.4, 0.5) is 5.69 Å². The van der Waals surface area contributed by atoms with Crippen LogP contribution in [0.3, 0.4) is 0 Å². The Labute approximate surface area is 156 Å². The van der Waals surface area contributed by atoms with Crippen LogP contribution in [0.1, 0.15) is 26.2 Å². The van der Waals surface area contributed by atoms with Crippen molar-refractivity contribution >= 4 is 21.3 Å². The number of methoxy groups -OCH3 is 1. The van der Waals surface area contributed by atoms with E-state index in [2.05, 4.69) is 4.36 Å². The van der Waals surface area contributed by atoms with Gasteiger partial charge in [0.2, 0.25) is 0 Å². The molecule has 144 valence electrons. The minimum absolute atomic E-state index is 0.0259. The lowest BCUT2D eigenvalue weighted by Crippen LogP contribution is -2.58. The number of rotatable bonds is 4. The lowest BCUT2D eigenvalue weighted by Gasteiger charge is -2.45. The summed E-state index contributed by atoms with van der Waals surface area (Å²) in [6.07, 6.45) is 1.58. The molecule has 1 unspecified atom stereocenters. The van der Waals surface area contributed by atoms with Crippen LogP contribution in [0.25, 0.3) is 0 Å². The molecule has 1 atom stereocenters. The third kappa shape index (κ3) is 4.27. The number of carbonyl (C=O) groups is 1. The van der Waals surface area contributed by atoms with E-state index in [0.717, 1.165) is 5.69 Å². The van der Waals surface area contributed by atoms with Crippen molar-refractivity contribution in [1.29, 1.82) is 0 Å². The van der Waals surface area contributed by atoms with E-state index in [1.165, 1.54) is 0 Å². The van der Waals surface area contributed by atoms with Gasteiger partial charge in [0.25, 0.3) is 5.91 Å². The number of benzene rings is 1. The van der Waals surface area contributed by atoms with Crippen molar-refractivity contribution in [1.82, 2.24) is 4.90 Å². The average Bonchev–Trinajstić information content (AvgIpc) is 2.67. The Morgan fingerprint density at radius 2 is 2.04 bits per heavy atom. The molecule has 2 heterocycles. The number of hydrogen-bond donors (Lipinski definition) is 0. The van der Waals surface area contributed by atoms with Gasteiger partial charge in [-0.3, -0.25) is 4.79 Å². The molecule has 2 aliphatic heterocycles. The molecule has 26 heavy (non-hydrogen) atoms. The monoisotopic (exact) mass is 380 g/mol. The summed E-state index contributed by atoms with van der Waals surface area (Å²) in [4.78, 5) is 14.5. The molecule has 0 saturated carbocycles. The summed E-state index contributed by atoms with van der Waals surface area (Å²) < 4.78 is 29.0. The highest BCUT2D eigenvalue weighted by Gasteiger charge is 2.43. The summed E-state index contributed by atoms with van der Waals surface area (Å²) in [7, 11) is -0.693. The quantitative estimate of drug-likeness (QED) is 0.805. The highest BCUT2D eigenvalue weighted by molar-refractivity contribution is 7.93. The number of amides is 1. The van der Waals surface area contributed by atoms with Gasteiger partial charge in [0.05, 0.1) is 27.6 Å². The van der Waals surface area contributed by atoms with E-state index in [4.69, 9.17) is 9.47 Å². The van der Waals surface area contributed by atoms with E-state index in [1.807, 2.05) is 42.2 Å². The second-order valence-corrected chi connectivity index (χ2v) is 9.58. The summed E-state index contributed by atoms with van der Waals surface area (Å²) >= 11 is 0. The Balaban J connectivity index is 1.69. The average molecular weight is 381 g/mol. The second kappa shape index (κ2) is 8.06. The smallest absolute Gasteiger partial charge is 0.251 e. The largest absolute Gasteiger partial charge is 0.372 e. The van der Waals surface area contributed by atoms with Gasteiger partial charge in [0.1, 0.15) is 6.10 Å². The molecule has 3 rings (SSSR count). The van der Waals surface area contributed by atoms with Gasteiger partial charge in [-0.2, -0.15) is 4.36 Å². The maximum Gasteiger partial charge on any atom is 0.251 e. The topological polar surface area (TPSA) is 68.2 Å². The van der Waals surface area contributed by atoms with Crippen LogP contribution in [0.5, 0.6) is 0 Å². The fourth-order valence-corrected chi connectivity index (χ4v) is 5.95. The Hall–Kier alpha value is -1.44. The minimum atomic E-state index is -2.27. The maximum absolute atomic E-state index is 13.1. The number of morpholine rings is 1. The van der Waals surface area contributed by atoms with Gasteiger partial charge >= 0.3 is 0 Å². The van der Waals surface area contributed by atoms with Crippen LogP contribution < -0.4 is 0 Å². The van der Waals surface area contributed by atoms with Crippen LogP contribution in [0.2, 0.25) is 0 Å². The van der Waals surface area contributed by atoms with Crippen LogP contribution in [0.15, 0.2) is 34.7 Å². The molecule has 1 amide bonds. The van der Waals surface area contributed by atoms with Crippen LogP contribution >= 0.6 is 0 Å². The van der Waals surface area contributed by atoms with Gasteiger partial charge < -0.3 is 14.4 Å². The Kier molecular flexibility index (Phi) is 5.99. The highest BCUT2D eigenvalue weighted by Crippen LogP contribution is 2.33. The lowest BCUT2D eigenvalue weighted by molar-refractivity contribution is -0.161. The van der Waals surface area contributed by atoms with Crippen molar-refractivity contribution in [2.75, 3.05) is 38.3 Å². The predicted molar refractivity (Wildman–Crippen MR) is 102 cm³/mol. The molecule has 0 N–H and O–H groups in total. The zero-order chi connectivity index (χ0) is 18.6. The highest BCUT2D eigenvalue weighted by atomic mass is 32.2. The SMILES string of the molecule is CCC(OC)C(=O)N1CCOC2(CCS(=O)(=Nc3ccccc3)CC2)C1. The first-order chi connectivity index (χ1) is 12.5. The van der Waals surface area contributed by atoms with E-state index in [0.29, 0.717) is 50.5 Å². The summed E-state index contributed by atoms with van der Waals surface area (Å²) in [5, 5.41) is 0. The zero-order valence-corrected chi connectivity index (χ0v) is 16.4. The van der Waals surface area contributed by atoms with E-state index in [-0.39, 0.29) is 5.91 Å². The van der Waals surface area contributed by atoms with Gasteiger partial charge in [-0.1, -0.05) is 25.1 Å². The standard InChI is InChI=1S/C19H28N2O4S/c1-3-17(24-2)18(22)21-11-12-25-19(15-21)9-13-26(23,14-10-19)20-16-7-5-4-6-8-16/h4-8,17H,3,9-15H2,1-2H3. The Morgan fingerprint density at radius 1 is 1.35 bits per heavy atom. The fourth-order valence-electron chi connectivity index (χ4n) is 3.67. The third-order valence-corrected chi connectivity index (χ3v) is 7.50. The predicted octanol–water partition coefficient (Wildman–Crippen LogP) is 2.60. The van der Waals surface area contributed by atoms with Gasteiger partial charge in [0.15, 0.2) is 0 Å². The van der Waals surface area contributed by atoms with Gasteiger partial charge in [0, 0.05) is 31.7 Å². The minimum Gasteiger partial charge on any atom is -0.372 e. The van der Waals surface area contributed by atoms with Crippen molar-refractivity contribution < 1.29 is 18.5 Å². The number of ether oxygens (including phenoxy) is 2. The number of hydrogen-bond acceptors (Lipinski definition) is 5. The second-order valence-electron chi connectivity index (χ2n) is 7.03. The summed E-state index contributed by atoms with van der Waals surface area (Å²) in [6, 6.07) is 9.49. The number of nitrogens with zero attached hydrogens (tertiary/aromatic N) is 2. The fraction of sp³-hybridized carbons (Fsp3) is 0.632. The first-order valence-corrected chi connectivity index (χ1v) is 11.1. The molecule has 1 spiro atoms. The Bertz CT molecular complexity index is 725. The van der Waals surface area contributed by atoms with Crippen LogP contribution in [-0.4, -0.2) is 65.0 Å². The summed E-state index contributed by atoms with van der Waals surface area (Å²) in [6.45, 7) is 3.60. The molecular formula is C19H28N2O4S. The summed E-state index contributed by atoms with van der Waals surface area (Å²) in [5.41, 5.74) is 0.369. The molecule has 6 nitrogen and oxygen atoms in total. The van der Waals surface area contributed by atoms with Gasteiger partial charge in [-0.05, 0) is 31.4 Å². The molecule has 0 bridgehead atoms. The first-order valence-electron chi connectivity index (χ1n) is 9.22. The zero-order valence-electron chi connectivity index (χ0n) is 15.6.